The molecule has 2 aliphatic rings. The van der Waals surface area contributed by atoms with Crippen LogP contribution in [0.25, 0.3) is 0 Å². The zero-order valence-corrected chi connectivity index (χ0v) is 17.7. The Morgan fingerprint density at radius 1 is 0.828 bits per heavy atom. The first-order valence-corrected chi connectivity index (χ1v) is 11.3. The van der Waals surface area contributed by atoms with E-state index < -0.39 is 0 Å². The summed E-state index contributed by atoms with van der Waals surface area (Å²) in [7, 11) is 0. The van der Waals surface area contributed by atoms with Crippen molar-refractivity contribution in [2.75, 3.05) is 26.2 Å². The van der Waals surface area contributed by atoms with E-state index in [1.54, 1.807) is 0 Å². The van der Waals surface area contributed by atoms with Crippen LogP contribution in [0.1, 0.15) is 74.2 Å². The van der Waals surface area contributed by atoms with Crippen molar-refractivity contribution < 1.29 is 14.4 Å². The minimum absolute atomic E-state index is 0.0206. The van der Waals surface area contributed by atoms with Gasteiger partial charge in [-0.05, 0) is 37.7 Å². The second-order valence-electron chi connectivity index (χ2n) is 8.37. The van der Waals surface area contributed by atoms with E-state index >= 15 is 0 Å². The van der Waals surface area contributed by atoms with Gasteiger partial charge in [0.25, 0.3) is 0 Å². The highest BCUT2D eigenvalue weighted by molar-refractivity contribution is 5.98. The van der Waals surface area contributed by atoms with E-state index in [4.69, 9.17) is 0 Å². The second-order valence-corrected chi connectivity index (χ2v) is 8.37. The third-order valence-electron chi connectivity index (χ3n) is 6.36. The fourth-order valence-electron chi connectivity index (χ4n) is 4.37. The van der Waals surface area contributed by atoms with Crippen molar-refractivity contribution in [3.8, 4) is 0 Å². The van der Waals surface area contributed by atoms with Crippen molar-refractivity contribution in [1.82, 2.24) is 9.80 Å². The number of nitrogens with zero attached hydrogens (tertiary/aromatic N) is 2. The molecule has 0 spiro atoms. The van der Waals surface area contributed by atoms with Crippen molar-refractivity contribution in [3.05, 3.63) is 35.4 Å². The van der Waals surface area contributed by atoms with Crippen LogP contribution < -0.4 is 0 Å². The summed E-state index contributed by atoms with van der Waals surface area (Å²) in [5.41, 5.74) is 1.88. The van der Waals surface area contributed by atoms with E-state index in [0.717, 1.165) is 45.2 Å². The van der Waals surface area contributed by atoms with Crippen LogP contribution in [0.2, 0.25) is 0 Å². The number of piperidine rings is 1. The molecule has 0 bridgehead atoms. The summed E-state index contributed by atoms with van der Waals surface area (Å²) in [5.74, 6) is 0.386. The van der Waals surface area contributed by atoms with Crippen LogP contribution in [0.3, 0.4) is 0 Å². The minimum atomic E-state index is 0.0206. The van der Waals surface area contributed by atoms with Crippen molar-refractivity contribution in [3.63, 3.8) is 0 Å². The normalized spacial score (nSPS) is 18.4. The van der Waals surface area contributed by atoms with Gasteiger partial charge >= 0.3 is 0 Å². The molecule has 29 heavy (non-hydrogen) atoms. The first kappa shape index (κ1) is 21.5. The molecule has 0 N–H and O–H groups in total. The number of aryl methyl sites for hydroxylation is 1. The van der Waals surface area contributed by atoms with E-state index in [0.29, 0.717) is 18.7 Å². The molecule has 0 atom stereocenters. The molecule has 2 heterocycles. The Bertz CT molecular complexity index is 697. The Morgan fingerprint density at radius 3 is 2.03 bits per heavy atom. The lowest BCUT2D eigenvalue weighted by Crippen LogP contribution is -2.44. The van der Waals surface area contributed by atoms with Crippen LogP contribution in [0.4, 0.5) is 0 Å². The van der Waals surface area contributed by atoms with E-state index in [-0.39, 0.29) is 36.4 Å². The van der Waals surface area contributed by atoms with Crippen LogP contribution in [-0.2, 0) is 16.0 Å². The number of rotatable bonds is 6. The number of Topliss-reactive ketones (excluding diaryl/α,β-unsaturated/α-hetero) is 1. The van der Waals surface area contributed by atoms with Gasteiger partial charge in [-0.3, -0.25) is 14.4 Å². The predicted molar refractivity (Wildman–Crippen MR) is 114 cm³/mol. The molecule has 2 amide bonds. The molecule has 158 valence electrons. The smallest absolute Gasteiger partial charge is 0.225 e. The lowest BCUT2D eigenvalue weighted by Gasteiger charge is -2.34. The molecule has 0 unspecified atom stereocenters. The van der Waals surface area contributed by atoms with Crippen LogP contribution >= 0.6 is 0 Å². The average Bonchev–Trinajstić information content (AvgIpc) is 3.06. The predicted octanol–water partition coefficient (Wildman–Crippen LogP) is 3.85. The van der Waals surface area contributed by atoms with E-state index in [2.05, 4.69) is 6.92 Å². The number of benzene rings is 1. The fourth-order valence-corrected chi connectivity index (χ4v) is 4.37. The molecule has 1 aromatic carbocycles. The molecular weight excluding hydrogens is 364 g/mol. The van der Waals surface area contributed by atoms with Crippen molar-refractivity contribution >= 4 is 17.6 Å². The van der Waals surface area contributed by atoms with Crippen molar-refractivity contribution in [2.24, 2.45) is 5.92 Å². The molecule has 5 heteroatoms. The van der Waals surface area contributed by atoms with Crippen LogP contribution in [0, 0.1) is 5.92 Å². The fraction of sp³-hybridized carbons (Fsp3) is 0.625. The topological polar surface area (TPSA) is 57.7 Å². The maximum atomic E-state index is 12.8. The summed E-state index contributed by atoms with van der Waals surface area (Å²) >= 11 is 0. The highest BCUT2D eigenvalue weighted by atomic mass is 16.2. The van der Waals surface area contributed by atoms with Gasteiger partial charge in [0, 0.05) is 50.5 Å². The van der Waals surface area contributed by atoms with Crippen molar-refractivity contribution in [1.29, 1.82) is 0 Å². The summed E-state index contributed by atoms with van der Waals surface area (Å²) < 4.78 is 0. The van der Waals surface area contributed by atoms with Gasteiger partial charge in [-0.15, -0.1) is 0 Å². The molecule has 2 fully saturated rings. The number of carbonyl (C=O) groups is 3. The van der Waals surface area contributed by atoms with Crippen LogP contribution in [-0.4, -0.2) is 53.6 Å². The zero-order valence-electron chi connectivity index (χ0n) is 17.7. The van der Waals surface area contributed by atoms with E-state index in [1.807, 2.05) is 34.1 Å². The van der Waals surface area contributed by atoms with Gasteiger partial charge in [0.05, 0.1) is 0 Å². The highest BCUT2D eigenvalue weighted by Gasteiger charge is 2.30. The van der Waals surface area contributed by atoms with E-state index in [1.165, 1.54) is 18.4 Å². The third-order valence-corrected chi connectivity index (χ3v) is 6.36. The minimum Gasteiger partial charge on any atom is -0.343 e. The Hall–Kier alpha value is -2.17. The summed E-state index contributed by atoms with van der Waals surface area (Å²) in [5, 5.41) is 0. The van der Waals surface area contributed by atoms with Gasteiger partial charge < -0.3 is 9.80 Å². The van der Waals surface area contributed by atoms with Gasteiger partial charge in [0.2, 0.25) is 11.8 Å². The summed E-state index contributed by atoms with van der Waals surface area (Å²) in [4.78, 5) is 41.5. The lowest BCUT2D eigenvalue weighted by molar-refractivity contribution is -0.140. The largest absolute Gasteiger partial charge is 0.343 e. The first-order valence-electron chi connectivity index (χ1n) is 11.3. The maximum Gasteiger partial charge on any atom is 0.225 e. The quantitative estimate of drug-likeness (QED) is 0.684. The third kappa shape index (κ3) is 5.91. The monoisotopic (exact) mass is 398 g/mol. The molecule has 0 saturated carbocycles. The van der Waals surface area contributed by atoms with Crippen LogP contribution in [0.5, 0.6) is 0 Å². The lowest BCUT2D eigenvalue weighted by atomic mass is 9.94. The van der Waals surface area contributed by atoms with Gasteiger partial charge in [-0.2, -0.15) is 0 Å². The van der Waals surface area contributed by atoms with E-state index in [9.17, 15) is 14.4 Å². The number of ketones is 1. The molecule has 1 aromatic rings. The summed E-state index contributed by atoms with van der Waals surface area (Å²) in [6.45, 7) is 5.11. The van der Waals surface area contributed by atoms with Gasteiger partial charge in [0.1, 0.15) is 0 Å². The number of carbonyl (C=O) groups excluding carboxylic acids is 3. The molecule has 2 aliphatic heterocycles. The van der Waals surface area contributed by atoms with Gasteiger partial charge in [0.15, 0.2) is 5.78 Å². The first-order chi connectivity index (χ1) is 14.1. The standard InChI is InChI=1S/C24H34N2O3/c1-2-19-7-9-20(10-8-19)22(27)11-12-23(28)25-17-13-21(14-18-25)24(29)26-15-5-3-4-6-16-26/h7-10,21H,2-6,11-18H2,1H3. The molecule has 5 nitrogen and oxygen atoms in total. The van der Waals surface area contributed by atoms with Crippen LogP contribution in [0.15, 0.2) is 24.3 Å². The Kier molecular flexibility index (Phi) is 7.84. The maximum absolute atomic E-state index is 12.8. The Balaban J connectivity index is 1.42. The summed E-state index contributed by atoms with van der Waals surface area (Å²) in [6.07, 6.45) is 7.59. The second kappa shape index (κ2) is 10.6. The zero-order chi connectivity index (χ0) is 20.6. The molecule has 0 aromatic heterocycles. The summed E-state index contributed by atoms with van der Waals surface area (Å²) in [6, 6.07) is 7.65. The molecular formula is C24H34N2O3. The van der Waals surface area contributed by atoms with Gasteiger partial charge in [-0.25, -0.2) is 0 Å². The molecule has 2 saturated heterocycles. The molecule has 0 aliphatic carbocycles. The number of hydrogen-bond acceptors (Lipinski definition) is 3. The average molecular weight is 399 g/mol. The van der Waals surface area contributed by atoms with Gasteiger partial charge in [-0.1, -0.05) is 44.0 Å². The molecule has 3 rings (SSSR count). The Labute approximate surface area is 174 Å². The number of hydrogen-bond donors (Lipinski definition) is 0. The SMILES string of the molecule is CCc1ccc(C(=O)CCC(=O)N2CCC(C(=O)N3CCCCCC3)CC2)cc1. The van der Waals surface area contributed by atoms with Crippen molar-refractivity contribution in [2.45, 2.75) is 64.7 Å². The highest BCUT2D eigenvalue weighted by Crippen LogP contribution is 2.22. The number of amides is 2. The Morgan fingerprint density at radius 2 is 1.45 bits per heavy atom. The molecule has 0 radical (unpaired) electrons. The number of likely N-dealkylation sites (tertiary alicyclic amines) is 2.